The average molecular weight is 459 g/mol. The fourth-order valence-corrected chi connectivity index (χ4v) is 4.74. The highest BCUT2D eigenvalue weighted by atomic mass is 35.5. The zero-order valence-electron chi connectivity index (χ0n) is 16.5. The number of nitrogens with zero attached hydrogens (tertiary/aromatic N) is 1. The smallest absolute Gasteiger partial charge is 0.258 e. The topological polar surface area (TPSA) is 75.7 Å². The molecule has 0 unspecified atom stereocenters. The molecule has 0 saturated carbocycles. The van der Waals surface area contributed by atoms with Crippen molar-refractivity contribution in [2.45, 2.75) is 31.7 Å². The van der Waals surface area contributed by atoms with Gasteiger partial charge < -0.3 is 10.1 Å². The number of amides is 1. The molecule has 0 fully saturated rings. The highest BCUT2D eigenvalue weighted by molar-refractivity contribution is 7.89. The lowest BCUT2D eigenvalue weighted by atomic mass is 10.1. The summed E-state index contributed by atoms with van der Waals surface area (Å²) < 4.78 is 32.6. The molecule has 2 aromatic rings. The molecule has 0 aliphatic rings. The molecule has 1 N–H and O–H groups in total. The van der Waals surface area contributed by atoms with Gasteiger partial charge in [-0.25, -0.2) is 8.42 Å². The van der Waals surface area contributed by atoms with Gasteiger partial charge in [0.05, 0.1) is 6.04 Å². The Bertz CT molecular complexity index is 945. The van der Waals surface area contributed by atoms with E-state index < -0.39 is 10.0 Å². The Morgan fingerprint density at radius 2 is 1.66 bits per heavy atom. The molecule has 0 heterocycles. The van der Waals surface area contributed by atoms with Gasteiger partial charge >= 0.3 is 0 Å². The van der Waals surface area contributed by atoms with Crippen molar-refractivity contribution >= 4 is 39.1 Å². The number of carbonyl (C=O) groups excluding carboxylic acids is 1. The van der Waals surface area contributed by atoms with Crippen LogP contribution in [0.25, 0.3) is 0 Å². The van der Waals surface area contributed by atoms with Gasteiger partial charge in [-0.15, -0.1) is 0 Å². The Labute approximate surface area is 181 Å². The first-order chi connectivity index (χ1) is 13.7. The van der Waals surface area contributed by atoms with Gasteiger partial charge in [0, 0.05) is 23.1 Å². The largest absolute Gasteiger partial charge is 0.482 e. The van der Waals surface area contributed by atoms with Crippen LogP contribution in [0.4, 0.5) is 0 Å². The van der Waals surface area contributed by atoms with Crippen molar-refractivity contribution in [1.29, 1.82) is 0 Å². The summed E-state index contributed by atoms with van der Waals surface area (Å²) in [5.41, 5.74) is 0.888. The van der Waals surface area contributed by atoms with Gasteiger partial charge in [0.25, 0.3) is 5.91 Å². The minimum absolute atomic E-state index is 0.0627. The van der Waals surface area contributed by atoms with Gasteiger partial charge in [-0.3, -0.25) is 4.79 Å². The predicted octanol–water partition coefficient (Wildman–Crippen LogP) is 4.28. The maximum atomic E-state index is 12.9. The minimum Gasteiger partial charge on any atom is -0.482 e. The standard InChI is InChI=1S/C20H24Cl2N2O4S/c1-4-24(5-2)29(26,27)19-12-17(22)10-11-18(19)28-13-20(25)23-14(3)15-6-8-16(21)9-7-15/h6-12,14H,4-5,13H2,1-3H3,(H,23,25)/t14-/m1/s1. The normalized spacial score (nSPS) is 12.6. The molecule has 0 aliphatic heterocycles. The summed E-state index contributed by atoms with van der Waals surface area (Å²) in [5, 5.41) is 3.69. The molecule has 6 nitrogen and oxygen atoms in total. The molecule has 2 rings (SSSR count). The molecule has 158 valence electrons. The molecule has 0 aliphatic carbocycles. The lowest BCUT2D eigenvalue weighted by molar-refractivity contribution is -0.123. The van der Waals surface area contributed by atoms with E-state index in [4.69, 9.17) is 27.9 Å². The van der Waals surface area contributed by atoms with Gasteiger partial charge in [0.2, 0.25) is 10.0 Å². The third-order valence-electron chi connectivity index (χ3n) is 4.34. The van der Waals surface area contributed by atoms with Crippen molar-refractivity contribution in [3.8, 4) is 5.75 Å². The van der Waals surface area contributed by atoms with Crippen LogP contribution in [0.15, 0.2) is 47.4 Å². The summed E-state index contributed by atoms with van der Waals surface area (Å²) in [6.07, 6.45) is 0. The van der Waals surface area contributed by atoms with Crippen LogP contribution in [-0.4, -0.2) is 38.3 Å². The lowest BCUT2D eigenvalue weighted by Crippen LogP contribution is -2.33. The number of halogens is 2. The highest BCUT2D eigenvalue weighted by Gasteiger charge is 2.26. The van der Waals surface area contributed by atoms with Gasteiger partial charge in [-0.05, 0) is 42.8 Å². The molecular formula is C20H24Cl2N2O4S. The van der Waals surface area contributed by atoms with Crippen LogP contribution < -0.4 is 10.1 Å². The molecule has 2 aromatic carbocycles. The fraction of sp³-hybridized carbons (Fsp3) is 0.350. The second-order valence-corrected chi connectivity index (χ2v) is 9.09. The summed E-state index contributed by atoms with van der Waals surface area (Å²) in [5.74, 6) is -0.302. The Morgan fingerprint density at radius 3 is 2.24 bits per heavy atom. The quantitative estimate of drug-likeness (QED) is 0.608. The zero-order valence-corrected chi connectivity index (χ0v) is 18.8. The Kier molecular flexibility index (Phi) is 8.34. The number of nitrogens with one attached hydrogen (secondary N) is 1. The molecule has 0 saturated heterocycles. The van der Waals surface area contributed by atoms with Crippen molar-refractivity contribution in [3.63, 3.8) is 0 Å². The summed E-state index contributed by atoms with van der Waals surface area (Å²) >= 11 is 11.9. The molecule has 9 heteroatoms. The minimum atomic E-state index is -3.79. The first-order valence-electron chi connectivity index (χ1n) is 9.16. The van der Waals surface area contributed by atoms with Crippen LogP contribution in [0.1, 0.15) is 32.4 Å². The van der Waals surface area contributed by atoms with E-state index in [-0.39, 0.29) is 34.2 Å². The highest BCUT2D eigenvalue weighted by Crippen LogP contribution is 2.30. The second-order valence-electron chi connectivity index (χ2n) is 6.31. The van der Waals surface area contributed by atoms with Crippen molar-refractivity contribution in [1.82, 2.24) is 9.62 Å². The Morgan fingerprint density at radius 1 is 1.07 bits per heavy atom. The average Bonchev–Trinajstić information content (AvgIpc) is 2.68. The zero-order chi connectivity index (χ0) is 21.6. The number of hydrogen-bond donors (Lipinski definition) is 1. The molecule has 1 amide bonds. The van der Waals surface area contributed by atoms with E-state index in [0.29, 0.717) is 18.1 Å². The molecule has 29 heavy (non-hydrogen) atoms. The molecule has 0 spiro atoms. The third kappa shape index (κ3) is 6.09. The Balaban J connectivity index is 2.12. The first-order valence-corrected chi connectivity index (χ1v) is 11.4. The van der Waals surface area contributed by atoms with E-state index in [1.54, 1.807) is 26.0 Å². The van der Waals surface area contributed by atoms with Crippen LogP contribution >= 0.6 is 23.2 Å². The first kappa shape index (κ1) is 23.5. The van der Waals surface area contributed by atoms with Gasteiger partial charge in [-0.2, -0.15) is 4.31 Å². The van der Waals surface area contributed by atoms with Crippen molar-refractivity contribution in [2.24, 2.45) is 0 Å². The van der Waals surface area contributed by atoms with Gasteiger partial charge in [-0.1, -0.05) is 49.2 Å². The fourth-order valence-electron chi connectivity index (χ4n) is 2.77. The second kappa shape index (κ2) is 10.3. The number of ether oxygens (including phenoxy) is 1. The molecule has 0 radical (unpaired) electrons. The summed E-state index contributed by atoms with van der Waals surface area (Å²) in [6.45, 7) is 5.61. The van der Waals surface area contributed by atoms with Crippen molar-refractivity contribution < 1.29 is 17.9 Å². The number of carbonyl (C=O) groups is 1. The van der Waals surface area contributed by atoms with Gasteiger partial charge in [0.1, 0.15) is 10.6 Å². The van der Waals surface area contributed by atoms with E-state index in [1.165, 1.54) is 22.5 Å². The SMILES string of the molecule is CCN(CC)S(=O)(=O)c1cc(Cl)ccc1OCC(=O)N[C@H](C)c1ccc(Cl)cc1. The van der Waals surface area contributed by atoms with Gasteiger partial charge in [0.15, 0.2) is 6.61 Å². The van der Waals surface area contributed by atoms with Crippen molar-refractivity contribution in [3.05, 3.63) is 58.1 Å². The van der Waals surface area contributed by atoms with Crippen LogP contribution in [0.2, 0.25) is 10.0 Å². The number of hydrogen-bond acceptors (Lipinski definition) is 4. The maximum Gasteiger partial charge on any atom is 0.258 e. The maximum absolute atomic E-state index is 12.9. The molecule has 1 atom stereocenters. The predicted molar refractivity (Wildman–Crippen MR) is 115 cm³/mol. The van der Waals surface area contributed by atoms with Crippen molar-refractivity contribution in [2.75, 3.05) is 19.7 Å². The number of sulfonamides is 1. The summed E-state index contributed by atoms with van der Waals surface area (Å²) in [4.78, 5) is 12.2. The van der Waals surface area contributed by atoms with E-state index >= 15 is 0 Å². The van der Waals surface area contributed by atoms with E-state index in [9.17, 15) is 13.2 Å². The molecule has 0 aromatic heterocycles. The van der Waals surface area contributed by atoms with E-state index in [1.807, 2.05) is 19.1 Å². The third-order valence-corrected chi connectivity index (χ3v) is 6.89. The lowest BCUT2D eigenvalue weighted by Gasteiger charge is -2.21. The number of benzene rings is 2. The van der Waals surface area contributed by atoms with Crippen LogP contribution in [0.5, 0.6) is 5.75 Å². The summed E-state index contributed by atoms with van der Waals surface area (Å²) in [6, 6.07) is 11.2. The Hall–Kier alpha value is -1.80. The monoisotopic (exact) mass is 458 g/mol. The molecular weight excluding hydrogens is 435 g/mol. The number of rotatable bonds is 9. The van der Waals surface area contributed by atoms with E-state index in [2.05, 4.69) is 5.32 Å². The summed E-state index contributed by atoms with van der Waals surface area (Å²) in [7, 11) is -3.79. The van der Waals surface area contributed by atoms with Crippen LogP contribution in [0.3, 0.4) is 0 Å². The van der Waals surface area contributed by atoms with Crippen LogP contribution in [0, 0.1) is 0 Å². The van der Waals surface area contributed by atoms with E-state index in [0.717, 1.165) is 5.56 Å². The molecule has 0 bridgehead atoms. The van der Waals surface area contributed by atoms with Crippen LogP contribution in [-0.2, 0) is 14.8 Å².